The number of hydrogen-bond acceptors (Lipinski definition) is 3. The zero-order valence-electron chi connectivity index (χ0n) is 11.6. The molecule has 0 aliphatic heterocycles. The standard InChI is InChI=1S/C14H13ClFN5/c1-3-20-13(12(15)8-17-20)14-18-9(2)19-21(14)11-6-4-5-10(16)7-11/h4-8H,3H2,1-2H3. The zero-order chi connectivity index (χ0) is 15.0. The van der Waals surface area contributed by atoms with Gasteiger partial charge in [0.2, 0.25) is 0 Å². The second-order valence-corrected chi connectivity index (χ2v) is 4.94. The molecule has 0 unspecified atom stereocenters. The molecule has 1 aromatic carbocycles. The van der Waals surface area contributed by atoms with E-state index in [1.165, 1.54) is 12.1 Å². The molecule has 0 N–H and O–H groups in total. The first-order valence-corrected chi connectivity index (χ1v) is 6.89. The first-order valence-electron chi connectivity index (χ1n) is 6.51. The van der Waals surface area contributed by atoms with Gasteiger partial charge in [0.1, 0.15) is 17.3 Å². The molecule has 3 rings (SSSR count). The highest BCUT2D eigenvalue weighted by molar-refractivity contribution is 6.32. The van der Waals surface area contributed by atoms with Crippen molar-refractivity contribution in [3.63, 3.8) is 0 Å². The Kier molecular flexibility index (Phi) is 3.47. The molecular weight excluding hydrogens is 293 g/mol. The van der Waals surface area contributed by atoms with Gasteiger partial charge < -0.3 is 0 Å². The van der Waals surface area contributed by atoms with Gasteiger partial charge >= 0.3 is 0 Å². The highest BCUT2D eigenvalue weighted by Gasteiger charge is 2.19. The second-order valence-electron chi connectivity index (χ2n) is 4.53. The Morgan fingerprint density at radius 1 is 1.33 bits per heavy atom. The van der Waals surface area contributed by atoms with Crippen LogP contribution in [0.25, 0.3) is 17.2 Å². The normalized spacial score (nSPS) is 11.0. The number of hydrogen-bond donors (Lipinski definition) is 0. The maximum absolute atomic E-state index is 13.5. The van der Waals surface area contributed by atoms with Crippen molar-refractivity contribution in [2.45, 2.75) is 20.4 Å². The van der Waals surface area contributed by atoms with Crippen LogP contribution in [0.15, 0.2) is 30.5 Å². The Bertz CT molecular complexity index is 793. The van der Waals surface area contributed by atoms with Crippen molar-refractivity contribution in [2.24, 2.45) is 0 Å². The Morgan fingerprint density at radius 2 is 2.14 bits per heavy atom. The SMILES string of the molecule is CCn1ncc(Cl)c1-c1nc(C)nn1-c1cccc(F)c1. The molecule has 5 nitrogen and oxygen atoms in total. The molecule has 0 bridgehead atoms. The molecule has 0 saturated heterocycles. The highest BCUT2D eigenvalue weighted by atomic mass is 35.5. The van der Waals surface area contributed by atoms with E-state index in [9.17, 15) is 4.39 Å². The van der Waals surface area contributed by atoms with Crippen molar-refractivity contribution in [2.75, 3.05) is 0 Å². The summed E-state index contributed by atoms with van der Waals surface area (Å²) in [6.07, 6.45) is 1.57. The van der Waals surface area contributed by atoms with Crippen molar-refractivity contribution >= 4 is 11.6 Å². The van der Waals surface area contributed by atoms with Crippen LogP contribution in [0.5, 0.6) is 0 Å². The molecule has 0 saturated carbocycles. The Hall–Kier alpha value is -2.21. The van der Waals surface area contributed by atoms with Crippen LogP contribution in [0, 0.1) is 12.7 Å². The van der Waals surface area contributed by atoms with Gasteiger partial charge in [0.05, 0.1) is 16.9 Å². The van der Waals surface area contributed by atoms with Gasteiger partial charge in [-0.2, -0.15) is 10.2 Å². The van der Waals surface area contributed by atoms with Gasteiger partial charge in [-0.05, 0) is 32.0 Å². The van der Waals surface area contributed by atoms with E-state index in [1.54, 1.807) is 34.6 Å². The lowest BCUT2D eigenvalue weighted by atomic mass is 10.3. The summed E-state index contributed by atoms with van der Waals surface area (Å²) in [5, 5.41) is 9.02. The van der Waals surface area contributed by atoms with E-state index in [4.69, 9.17) is 11.6 Å². The Morgan fingerprint density at radius 3 is 2.86 bits per heavy atom. The smallest absolute Gasteiger partial charge is 0.183 e. The van der Waals surface area contributed by atoms with Gasteiger partial charge in [0.25, 0.3) is 0 Å². The van der Waals surface area contributed by atoms with Gasteiger partial charge in [0, 0.05) is 6.54 Å². The lowest BCUT2D eigenvalue weighted by Crippen LogP contribution is -2.05. The van der Waals surface area contributed by atoms with Crippen LogP contribution in [-0.4, -0.2) is 24.5 Å². The molecule has 21 heavy (non-hydrogen) atoms. The maximum Gasteiger partial charge on any atom is 0.183 e. The lowest BCUT2D eigenvalue weighted by molar-refractivity contribution is 0.625. The lowest BCUT2D eigenvalue weighted by Gasteiger charge is -2.08. The summed E-state index contributed by atoms with van der Waals surface area (Å²) in [6, 6.07) is 6.18. The van der Waals surface area contributed by atoms with Crippen molar-refractivity contribution in [1.29, 1.82) is 0 Å². The maximum atomic E-state index is 13.5. The summed E-state index contributed by atoms with van der Waals surface area (Å²) in [4.78, 5) is 4.41. The number of nitrogens with zero attached hydrogens (tertiary/aromatic N) is 5. The monoisotopic (exact) mass is 305 g/mol. The van der Waals surface area contributed by atoms with Crippen LogP contribution in [0.4, 0.5) is 4.39 Å². The molecule has 0 amide bonds. The third-order valence-corrected chi connectivity index (χ3v) is 3.35. The molecule has 3 aromatic rings. The average molecular weight is 306 g/mol. The first kappa shape index (κ1) is 13.8. The number of aryl methyl sites for hydroxylation is 2. The van der Waals surface area contributed by atoms with E-state index < -0.39 is 0 Å². The van der Waals surface area contributed by atoms with E-state index in [0.29, 0.717) is 34.6 Å². The first-order chi connectivity index (χ1) is 10.1. The summed E-state index contributed by atoms with van der Waals surface area (Å²) < 4.78 is 16.8. The van der Waals surface area contributed by atoms with Crippen LogP contribution in [0.1, 0.15) is 12.7 Å². The second kappa shape index (κ2) is 5.29. The summed E-state index contributed by atoms with van der Waals surface area (Å²) in [5.74, 6) is 0.790. The van der Waals surface area contributed by atoms with Crippen molar-refractivity contribution < 1.29 is 4.39 Å². The van der Waals surface area contributed by atoms with Crippen LogP contribution in [-0.2, 0) is 6.54 Å². The van der Waals surface area contributed by atoms with E-state index in [0.717, 1.165) is 0 Å². The average Bonchev–Trinajstić information content (AvgIpc) is 3.01. The molecule has 0 spiro atoms. The minimum absolute atomic E-state index is 0.332. The van der Waals surface area contributed by atoms with E-state index in [2.05, 4.69) is 15.2 Å². The van der Waals surface area contributed by atoms with Gasteiger partial charge in [-0.1, -0.05) is 17.7 Å². The number of benzene rings is 1. The van der Waals surface area contributed by atoms with Crippen LogP contribution in [0.2, 0.25) is 5.02 Å². The summed E-state index contributed by atoms with van der Waals surface area (Å²) in [7, 11) is 0. The largest absolute Gasteiger partial charge is 0.260 e. The molecular formula is C14H13ClFN5. The molecule has 0 aliphatic carbocycles. The van der Waals surface area contributed by atoms with Gasteiger partial charge in [-0.25, -0.2) is 14.1 Å². The third kappa shape index (κ3) is 2.42. The van der Waals surface area contributed by atoms with Crippen LogP contribution in [0.3, 0.4) is 0 Å². The molecule has 2 heterocycles. The topological polar surface area (TPSA) is 48.5 Å². The molecule has 0 fully saturated rings. The fourth-order valence-electron chi connectivity index (χ4n) is 2.18. The van der Waals surface area contributed by atoms with Crippen molar-refractivity contribution in [1.82, 2.24) is 24.5 Å². The van der Waals surface area contributed by atoms with E-state index in [1.807, 2.05) is 6.92 Å². The highest BCUT2D eigenvalue weighted by Crippen LogP contribution is 2.28. The van der Waals surface area contributed by atoms with E-state index >= 15 is 0 Å². The quantitative estimate of drug-likeness (QED) is 0.746. The fraction of sp³-hybridized carbons (Fsp3) is 0.214. The summed E-state index contributed by atoms with van der Waals surface area (Å²) in [5.41, 5.74) is 1.26. The third-order valence-electron chi connectivity index (χ3n) is 3.07. The van der Waals surface area contributed by atoms with Gasteiger partial charge in [-0.15, -0.1) is 0 Å². The minimum atomic E-state index is -0.332. The molecule has 108 valence electrons. The zero-order valence-corrected chi connectivity index (χ0v) is 12.3. The van der Waals surface area contributed by atoms with Crippen molar-refractivity contribution in [3.8, 4) is 17.2 Å². The minimum Gasteiger partial charge on any atom is -0.260 e. The molecule has 0 atom stereocenters. The summed E-state index contributed by atoms with van der Waals surface area (Å²) >= 11 is 6.22. The predicted octanol–water partition coefficient (Wildman–Crippen LogP) is 3.25. The number of aromatic nitrogens is 5. The molecule has 0 aliphatic rings. The Balaban J connectivity index is 2.23. The van der Waals surface area contributed by atoms with Crippen LogP contribution < -0.4 is 0 Å². The molecule has 2 aromatic heterocycles. The van der Waals surface area contributed by atoms with Gasteiger partial charge in [-0.3, -0.25) is 4.68 Å². The number of rotatable bonds is 3. The van der Waals surface area contributed by atoms with E-state index in [-0.39, 0.29) is 5.82 Å². The summed E-state index contributed by atoms with van der Waals surface area (Å²) in [6.45, 7) is 4.39. The van der Waals surface area contributed by atoms with Crippen LogP contribution >= 0.6 is 11.6 Å². The fourth-order valence-corrected chi connectivity index (χ4v) is 2.41. The van der Waals surface area contributed by atoms with Crippen molar-refractivity contribution in [3.05, 3.63) is 47.1 Å². The number of halogens is 2. The predicted molar refractivity (Wildman–Crippen MR) is 78.0 cm³/mol. The Labute approximate surface area is 126 Å². The molecule has 7 heteroatoms. The van der Waals surface area contributed by atoms with Gasteiger partial charge in [0.15, 0.2) is 5.82 Å². The molecule has 0 radical (unpaired) electrons.